The highest BCUT2D eigenvalue weighted by atomic mass is 32.1. The molecule has 0 atom stereocenters. The van der Waals surface area contributed by atoms with E-state index in [4.69, 9.17) is 0 Å². The molecule has 2 heterocycles. The maximum atomic E-state index is 12.3. The Morgan fingerprint density at radius 1 is 0.756 bits per heavy atom. The summed E-state index contributed by atoms with van der Waals surface area (Å²) in [6, 6.07) is 18.7. The Morgan fingerprint density at radius 3 is 1.88 bits per heavy atom. The van der Waals surface area contributed by atoms with Gasteiger partial charge in [-0.3, -0.25) is 14.4 Å². The third-order valence-electron chi connectivity index (χ3n) is 6.56. The van der Waals surface area contributed by atoms with Crippen LogP contribution < -0.4 is 10.6 Å². The van der Waals surface area contributed by atoms with Crippen molar-refractivity contribution in [2.75, 3.05) is 10.6 Å². The van der Waals surface area contributed by atoms with Crippen LogP contribution in [0.3, 0.4) is 0 Å². The first-order valence-corrected chi connectivity index (χ1v) is 15.5. The van der Waals surface area contributed by atoms with Crippen LogP contribution in [0.5, 0.6) is 0 Å². The number of nitrogens with one attached hydrogen (secondary N) is 2. The fourth-order valence-corrected chi connectivity index (χ4v) is 5.99. The molecule has 0 aliphatic heterocycles. The number of amides is 2. The summed E-state index contributed by atoms with van der Waals surface area (Å²) in [6.07, 6.45) is 10.1. The van der Waals surface area contributed by atoms with Gasteiger partial charge in [0, 0.05) is 24.3 Å². The molecule has 2 aromatic carbocycles. The summed E-state index contributed by atoms with van der Waals surface area (Å²) in [4.78, 5) is 34.5. The minimum absolute atomic E-state index is 0.0836. The first-order chi connectivity index (χ1) is 20.1. The summed E-state index contributed by atoms with van der Waals surface area (Å²) in [7, 11) is 0. The van der Waals surface area contributed by atoms with E-state index in [1.165, 1.54) is 29.1 Å². The summed E-state index contributed by atoms with van der Waals surface area (Å²) < 4.78 is 0. The summed E-state index contributed by atoms with van der Waals surface area (Å²) in [6.45, 7) is 0. The number of rotatable bonds is 11. The molecule has 2 N–H and O–H groups in total. The van der Waals surface area contributed by atoms with E-state index in [1.807, 2.05) is 48.5 Å². The fraction of sp³-hybridized carbons (Fsp3) is 0.367. The quantitative estimate of drug-likeness (QED) is 0.158. The van der Waals surface area contributed by atoms with Gasteiger partial charge in [0.1, 0.15) is 16.3 Å². The van der Waals surface area contributed by atoms with E-state index in [-0.39, 0.29) is 17.7 Å². The van der Waals surface area contributed by atoms with Crippen molar-refractivity contribution in [2.45, 2.75) is 64.2 Å². The number of hydrogen-bond acceptors (Lipinski definition) is 9. The molecule has 0 spiro atoms. The molecular weight excluding hydrogens is 557 g/mol. The van der Waals surface area contributed by atoms with Crippen molar-refractivity contribution in [3.05, 3.63) is 81.8 Å². The predicted octanol–water partition coefficient (Wildman–Crippen LogP) is 6.15. The Hall–Kier alpha value is -3.83. The first-order valence-electron chi connectivity index (χ1n) is 13.9. The summed E-state index contributed by atoms with van der Waals surface area (Å²) in [5, 5.41) is 25.3. The molecule has 1 fully saturated rings. The van der Waals surface area contributed by atoms with Crippen LogP contribution in [-0.4, -0.2) is 38.5 Å². The van der Waals surface area contributed by atoms with E-state index in [0.717, 1.165) is 78.8 Å². The summed E-state index contributed by atoms with van der Waals surface area (Å²) in [5.74, 6) is 0.109. The average molecular weight is 591 g/mol. The lowest BCUT2D eigenvalue weighted by atomic mass is 9.89. The third kappa shape index (κ3) is 10.6. The molecule has 1 saturated carbocycles. The molecule has 2 amide bonds. The number of nitrogens with zero attached hydrogens (tertiary/aromatic N) is 4. The highest BCUT2D eigenvalue weighted by Crippen LogP contribution is 2.26. The molecule has 4 aromatic rings. The summed E-state index contributed by atoms with van der Waals surface area (Å²) >= 11 is 2.87. The number of carbonyl (C=O) groups is 3. The molecule has 2 aromatic heterocycles. The molecule has 11 heteroatoms. The van der Waals surface area contributed by atoms with Crippen molar-refractivity contribution < 1.29 is 14.4 Å². The average Bonchev–Trinajstić information content (AvgIpc) is 3.66. The third-order valence-corrected chi connectivity index (χ3v) is 8.36. The highest BCUT2D eigenvalue weighted by Gasteiger charge is 2.22. The molecule has 0 radical (unpaired) electrons. The minimum Gasteiger partial charge on any atom is -0.300 e. The second-order valence-electron chi connectivity index (χ2n) is 9.77. The highest BCUT2D eigenvalue weighted by molar-refractivity contribution is 7.15. The largest absolute Gasteiger partial charge is 0.300 e. The Labute approximate surface area is 247 Å². The van der Waals surface area contributed by atoms with E-state index < -0.39 is 0 Å². The second-order valence-corrected chi connectivity index (χ2v) is 11.9. The van der Waals surface area contributed by atoms with Crippen molar-refractivity contribution in [2.24, 2.45) is 5.92 Å². The van der Waals surface area contributed by atoms with E-state index >= 15 is 0 Å². The molecule has 0 saturated heterocycles. The van der Waals surface area contributed by atoms with E-state index in [2.05, 4.69) is 31.0 Å². The van der Waals surface area contributed by atoms with Crippen molar-refractivity contribution in [3.8, 4) is 0 Å². The van der Waals surface area contributed by atoms with Crippen molar-refractivity contribution in [3.63, 3.8) is 0 Å². The Bertz CT molecular complexity index is 1370. The maximum absolute atomic E-state index is 12.3. The number of anilines is 2. The van der Waals surface area contributed by atoms with Crippen molar-refractivity contribution in [1.29, 1.82) is 0 Å². The van der Waals surface area contributed by atoms with Crippen LogP contribution in [0.15, 0.2) is 60.7 Å². The van der Waals surface area contributed by atoms with Gasteiger partial charge in [-0.2, -0.15) is 0 Å². The number of hydrogen-bond donors (Lipinski definition) is 2. The van der Waals surface area contributed by atoms with Crippen LogP contribution in [-0.2, 0) is 28.9 Å². The van der Waals surface area contributed by atoms with Crippen LogP contribution >= 0.6 is 22.7 Å². The van der Waals surface area contributed by atoms with Gasteiger partial charge in [-0.05, 0) is 31.2 Å². The van der Waals surface area contributed by atoms with Gasteiger partial charge >= 0.3 is 0 Å². The number of aldehydes is 1. The van der Waals surface area contributed by atoms with Crippen LogP contribution in [0.25, 0.3) is 0 Å². The van der Waals surface area contributed by atoms with Gasteiger partial charge in [-0.15, -0.1) is 20.4 Å². The Balaban J connectivity index is 0.000000417. The van der Waals surface area contributed by atoms with Crippen LogP contribution in [0, 0.1) is 5.92 Å². The van der Waals surface area contributed by atoms with Gasteiger partial charge in [0.2, 0.25) is 22.1 Å². The molecule has 1 aliphatic rings. The monoisotopic (exact) mass is 590 g/mol. The standard InChI is InChI=1S/C23H28N6O2S2.C7H6O/c30-18(15-16-9-3-1-4-10-16)24-22-28-26-19(32-22)13-7-8-14-20-27-29-23(33-20)25-21(31)17-11-5-2-6-12-17;8-6-7-4-2-1-3-5-7/h1,3-4,9-10,17H,2,5-8,11-15H2,(H,24,28,30)(H,25,29,31);1-6H. The minimum atomic E-state index is -0.0912. The number of unbranched alkanes of at least 4 members (excludes halogenated alkanes) is 1. The number of aromatic nitrogens is 4. The van der Waals surface area contributed by atoms with Crippen molar-refractivity contribution in [1.82, 2.24) is 20.4 Å². The van der Waals surface area contributed by atoms with Gasteiger partial charge < -0.3 is 10.6 Å². The Kier molecular flexibility index (Phi) is 12.1. The van der Waals surface area contributed by atoms with Gasteiger partial charge in [0.15, 0.2) is 0 Å². The number of aryl methyl sites for hydroxylation is 2. The number of benzene rings is 2. The molecule has 0 unspecified atom stereocenters. The molecular formula is C30H34N6O3S2. The number of carbonyl (C=O) groups excluding carboxylic acids is 3. The zero-order valence-corrected chi connectivity index (χ0v) is 24.5. The zero-order chi connectivity index (χ0) is 28.7. The molecule has 1 aliphatic carbocycles. The summed E-state index contributed by atoms with van der Waals surface area (Å²) in [5.41, 5.74) is 1.70. The first kappa shape index (κ1) is 30.1. The lowest BCUT2D eigenvalue weighted by Gasteiger charge is -2.19. The normalized spacial score (nSPS) is 13.1. The van der Waals surface area contributed by atoms with Crippen molar-refractivity contribution >= 4 is 51.0 Å². The smallest absolute Gasteiger partial charge is 0.230 e. The lowest BCUT2D eigenvalue weighted by Crippen LogP contribution is -2.24. The van der Waals surface area contributed by atoms with E-state index in [1.54, 1.807) is 12.1 Å². The van der Waals surface area contributed by atoms with Gasteiger partial charge in [0.25, 0.3) is 0 Å². The maximum Gasteiger partial charge on any atom is 0.230 e. The second kappa shape index (κ2) is 16.4. The molecule has 5 rings (SSSR count). The predicted molar refractivity (Wildman–Crippen MR) is 162 cm³/mol. The SMILES string of the molecule is O=C(Cc1ccccc1)Nc1nnc(CCCCc2nnc(NC(=O)C3CCCCC3)s2)s1.O=Cc1ccccc1. The van der Waals surface area contributed by atoms with Gasteiger partial charge in [-0.1, -0.05) is 103 Å². The van der Waals surface area contributed by atoms with Gasteiger partial charge in [-0.25, -0.2) is 0 Å². The van der Waals surface area contributed by atoms with Crippen LogP contribution in [0.2, 0.25) is 0 Å². The molecule has 9 nitrogen and oxygen atoms in total. The van der Waals surface area contributed by atoms with Crippen LogP contribution in [0.4, 0.5) is 10.3 Å². The Morgan fingerprint density at radius 2 is 1.32 bits per heavy atom. The topological polar surface area (TPSA) is 127 Å². The van der Waals surface area contributed by atoms with E-state index in [9.17, 15) is 14.4 Å². The molecule has 0 bridgehead atoms. The fourth-order valence-electron chi connectivity index (χ4n) is 4.41. The molecule has 214 valence electrons. The van der Waals surface area contributed by atoms with Gasteiger partial charge in [0.05, 0.1) is 6.42 Å². The lowest BCUT2D eigenvalue weighted by molar-refractivity contribution is -0.120. The van der Waals surface area contributed by atoms with Crippen LogP contribution in [0.1, 0.15) is 70.9 Å². The zero-order valence-electron chi connectivity index (χ0n) is 22.8. The molecule has 41 heavy (non-hydrogen) atoms. The van der Waals surface area contributed by atoms with E-state index in [0.29, 0.717) is 16.7 Å².